The molecule has 0 saturated carbocycles. The number of aliphatic hydroxyl groups excluding tert-OH is 1. The van der Waals surface area contributed by atoms with Gasteiger partial charge in [0.2, 0.25) is 0 Å². The van der Waals surface area contributed by atoms with E-state index < -0.39 is 59.6 Å². The summed E-state index contributed by atoms with van der Waals surface area (Å²) in [5, 5.41) is 9.73. The largest absolute Gasteiger partial charge is 0.472 e. The number of carbonyl (C=O) groups is 2. The van der Waals surface area contributed by atoms with Gasteiger partial charge in [-0.15, -0.1) is 0 Å². The lowest BCUT2D eigenvalue weighted by molar-refractivity contribution is -0.161. The van der Waals surface area contributed by atoms with Crippen LogP contribution in [-0.4, -0.2) is 70.4 Å². The maximum absolute atomic E-state index is 12.6. The molecule has 0 bridgehead atoms. The molecule has 0 radical (unpaired) electrons. The third kappa shape index (κ3) is 38.4. The van der Waals surface area contributed by atoms with E-state index in [9.17, 15) is 28.7 Å². The minimum absolute atomic E-state index is 0.137. The number of ether oxygens (including phenoxy) is 2. The highest BCUT2D eigenvalue weighted by atomic mass is 31.2. The monoisotopic (exact) mass is 831 g/mol. The van der Waals surface area contributed by atoms with Gasteiger partial charge in [-0.25, -0.2) is 9.13 Å². The van der Waals surface area contributed by atoms with Gasteiger partial charge in [0.1, 0.15) is 12.7 Å². The molecule has 0 spiro atoms. The van der Waals surface area contributed by atoms with Gasteiger partial charge in [0.05, 0.1) is 19.8 Å². The SMILES string of the molecule is CCC(C)CCCCCCCCCCCCCCCCC(=O)O[C@H](COC(=O)CCCCCCCCC(C)CC)COP(=O)(O)OC[C@@H](O)COP(=O)(O)O. The lowest BCUT2D eigenvalue weighted by atomic mass is 9.99. The summed E-state index contributed by atoms with van der Waals surface area (Å²) in [6, 6.07) is 0. The van der Waals surface area contributed by atoms with Crippen LogP contribution in [0.15, 0.2) is 0 Å². The molecule has 0 fully saturated rings. The van der Waals surface area contributed by atoms with Gasteiger partial charge in [0.15, 0.2) is 6.10 Å². The average molecular weight is 831 g/mol. The summed E-state index contributed by atoms with van der Waals surface area (Å²) in [6.45, 7) is 6.40. The second kappa shape index (κ2) is 35.1. The van der Waals surface area contributed by atoms with Gasteiger partial charge in [-0.3, -0.25) is 23.2 Å². The summed E-state index contributed by atoms with van der Waals surface area (Å²) in [5.41, 5.74) is 0. The Labute approximate surface area is 333 Å². The van der Waals surface area contributed by atoms with E-state index in [4.69, 9.17) is 23.8 Å². The second-order valence-corrected chi connectivity index (χ2v) is 18.2. The molecular formula is C40H80O13P2. The van der Waals surface area contributed by atoms with E-state index >= 15 is 0 Å². The smallest absolute Gasteiger partial charge is 0.462 e. The van der Waals surface area contributed by atoms with Crippen LogP contribution >= 0.6 is 15.6 Å². The lowest BCUT2D eigenvalue weighted by Crippen LogP contribution is -2.30. The maximum Gasteiger partial charge on any atom is 0.472 e. The van der Waals surface area contributed by atoms with Crippen LogP contribution in [-0.2, 0) is 41.8 Å². The van der Waals surface area contributed by atoms with Gasteiger partial charge in [0, 0.05) is 12.8 Å². The van der Waals surface area contributed by atoms with Crippen LogP contribution in [0.4, 0.5) is 0 Å². The Hall–Kier alpha value is -0.880. The number of unbranched alkanes of at least 4 members (excludes halogenated alkanes) is 18. The fourth-order valence-corrected chi connectivity index (χ4v) is 7.16. The standard InChI is InChI=1S/C40H80O13P2/c1-5-35(3)27-23-19-15-13-11-9-7-8-10-12-14-16-22-26-30-40(43)53-38(34-52-55(47,48)51-32-37(41)31-50-54(44,45)46)33-49-39(42)29-25-21-18-17-20-24-28-36(4)6-2/h35-38,41H,5-34H2,1-4H3,(H,47,48)(H2,44,45,46)/t35?,36?,37-,38+/m0/s1. The summed E-state index contributed by atoms with van der Waals surface area (Å²) in [5.74, 6) is 0.591. The number of phosphoric acid groups is 2. The van der Waals surface area contributed by atoms with Gasteiger partial charge < -0.3 is 29.3 Å². The second-order valence-electron chi connectivity index (χ2n) is 15.5. The van der Waals surface area contributed by atoms with E-state index in [0.717, 1.165) is 50.4 Å². The van der Waals surface area contributed by atoms with Crippen LogP contribution in [0.1, 0.15) is 195 Å². The zero-order valence-corrected chi connectivity index (χ0v) is 36.7. The molecule has 0 heterocycles. The molecule has 0 aliphatic rings. The molecule has 0 saturated heterocycles. The Morgan fingerprint density at radius 1 is 0.509 bits per heavy atom. The van der Waals surface area contributed by atoms with Crippen molar-refractivity contribution in [3.8, 4) is 0 Å². The first-order chi connectivity index (χ1) is 26.2. The van der Waals surface area contributed by atoms with Crippen molar-refractivity contribution in [3.63, 3.8) is 0 Å². The van der Waals surface area contributed by atoms with Gasteiger partial charge in [-0.1, -0.05) is 169 Å². The lowest BCUT2D eigenvalue weighted by Gasteiger charge is -2.20. The predicted molar refractivity (Wildman–Crippen MR) is 216 cm³/mol. The number of esters is 2. The summed E-state index contributed by atoms with van der Waals surface area (Å²) in [4.78, 5) is 52.6. The highest BCUT2D eigenvalue weighted by molar-refractivity contribution is 7.47. The number of phosphoric ester groups is 2. The van der Waals surface area contributed by atoms with Crippen LogP contribution in [0.2, 0.25) is 0 Å². The van der Waals surface area contributed by atoms with Crippen LogP contribution in [0.5, 0.6) is 0 Å². The Balaban J connectivity index is 4.46. The van der Waals surface area contributed by atoms with Crippen molar-refractivity contribution >= 4 is 27.6 Å². The summed E-state index contributed by atoms with van der Waals surface area (Å²) in [7, 11) is -9.65. The average Bonchev–Trinajstić information content (AvgIpc) is 3.14. The van der Waals surface area contributed by atoms with E-state index in [2.05, 4.69) is 36.7 Å². The van der Waals surface area contributed by atoms with Crippen molar-refractivity contribution in [3.05, 3.63) is 0 Å². The van der Waals surface area contributed by atoms with Crippen molar-refractivity contribution in [1.29, 1.82) is 0 Å². The normalized spacial score (nSPS) is 15.3. The molecule has 0 rings (SSSR count). The Morgan fingerprint density at radius 2 is 0.873 bits per heavy atom. The quantitative estimate of drug-likeness (QED) is 0.0259. The molecular weight excluding hydrogens is 750 g/mol. The first-order valence-corrected chi connectivity index (χ1v) is 24.5. The summed E-state index contributed by atoms with van der Waals surface area (Å²) >= 11 is 0. The first kappa shape index (κ1) is 54.1. The molecule has 0 aliphatic carbocycles. The number of hydrogen-bond acceptors (Lipinski definition) is 10. The minimum atomic E-state index is -4.86. The Bertz CT molecular complexity index is 1020. The topological polar surface area (TPSA) is 195 Å². The zero-order valence-electron chi connectivity index (χ0n) is 34.9. The highest BCUT2D eigenvalue weighted by Crippen LogP contribution is 2.43. The molecule has 0 aromatic heterocycles. The molecule has 0 amide bonds. The van der Waals surface area contributed by atoms with Gasteiger partial charge in [-0.2, -0.15) is 0 Å². The van der Waals surface area contributed by atoms with Crippen LogP contribution in [0.3, 0.4) is 0 Å². The number of aliphatic hydroxyl groups is 1. The van der Waals surface area contributed by atoms with Crippen molar-refractivity contribution in [2.45, 2.75) is 207 Å². The number of carbonyl (C=O) groups excluding carboxylic acids is 2. The van der Waals surface area contributed by atoms with E-state index in [1.54, 1.807) is 0 Å². The molecule has 55 heavy (non-hydrogen) atoms. The molecule has 0 aliphatic heterocycles. The Morgan fingerprint density at radius 3 is 1.29 bits per heavy atom. The third-order valence-electron chi connectivity index (χ3n) is 10.1. The molecule has 328 valence electrons. The zero-order chi connectivity index (χ0) is 41.2. The maximum atomic E-state index is 12.6. The third-order valence-corrected chi connectivity index (χ3v) is 11.5. The minimum Gasteiger partial charge on any atom is -0.462 e. The van der Waals surface area contributed by atoms with Crippen LogP contribution in [0.25, 0.3) is 0 Å². The van der Waals surface area contributed by atoms with Crippen molar-refractivity contribution in [1.82, 2.24) is 0 Å². The molecule has 13 nitrogen and oxygen atoms in total. The predicted octanol–water partition coefficient (Wildman–Crippen LogP) is 10.5. The van der Waals surface area contributed by atoms with Gasteiger partial charge in [-0.05, 0) is 24.7 Å². The highest BCUT2D eigenvalue weighted by Gasteiger charge is 2.28. The van der Waals surface area contributed by atoms with E-state index in [1.165, 1.54) is 103 Å². The van der Waals surface area contributed by atoms with Gasteiger partial charge in [0.25, 0.3) is 0 Å². The Kier molecular flexibility index (Phi) is 34.5. The van der Waals surface area contributed by atoms with Crippen LogP contribution < -0.4 is 0 Å². The molecule has 0 aromatic carbocycles. The van der Waals surface area contributed by atoms with Crippen molar-refractivity contribution < 1.29 is 61.6 Å². The molecule has 15 heteroatoms. The van der Waals surface area contributed by atoms with E-state index in [0.29, 0.717) is 12.8 Å². The molecule has 3 unspecified atom stereocenters. The molecule has 5 atom stereocenters. The van der Waals surface area contributed by atoms with Gasteiger partial charge >= 0.3 is 27.6 Å². The fraction of sp³-hybridized carbons (Fsp3) is 0.950. The molecule has 4 N–H and O–H groups in total. The number of rotatable bonds is 40. The van der Waals surface area contributed by atoms with E-state index in [1.807, 2.05) is 0 Å². The number of hydrogen-bond donors (Lipinski definition) is 4. The van der Waals surface area contributed by atoms with E-state index in [-0.39, 0.29) is 19.4 Å². The summed E-state index contributed by atoms with van der Waals surface area (Å²) in [6.07, 6.45) is 25.4. The van der Waals surface area contributed by atoms with Crippen molar-refractivity contribution in [2.75, 3.05) is 26.4 Å². The van der Waals surface area contributed by atoms with Crippen molar-refractivity contribution in [2.24, 2.45) is 11.8 Å². The first-order valence-electron chi connectivity index (χ1n) is 21.5. The molecule has 0 aromatic rings. The fourth-order valence-electron chi connectivity index (χ4n) is 6.01. The summed E-state index contributed by atoms with van der Waals surface area (Å²) < 4.78 is 47.7. The van der Waals surface area contributed by atoms with Crippen LogP contribution in [0, 0.1) is 11.8 Å².